The molecule has 0 radical (unpaired) electrons. The highest BCUT2D eigenvalue weighted by atomic mass is 16.5. The summed E-state index contributed by atoms with van der Waals surface area (Å²) in [5.41, 5.74) is 4.34. The first-order valence-electron chi connectivity index (χ1n) is 10.9. The number of rotatable bonds is 3. The second-order valence-electron chi connectivity index (χ2n) is 8.79. The van der Waals surface area contributed by atoms with Crippen molar-refractivity contribution in [1.82, 2.24) is 9.88 Å². The summed E-state index contributed by atoms with van der Waals surface area (Å²) in [6.45, 7) is 2.27. The maximum Gasteiger partial charge on any atom is 0.326 e. The smallest absolute Gasteiger partial charge is 0.326 e. The van der Waals surface area contributed by atoms with Crippen molar-refractivity contribution < 1.29 is 19.4 Å². The number of aromatic amines is 1. The van der Waals surface area contributed by atoms with E-state index in [0.29, 0.717) is 24.4 Å². The lowest BCUT2D eigenvalue weighted by atomic mass is 9.75. The van der Waals surface area contributed by atoms with Gasteiger partial charge in [0.15, 0.2) is 0 Å². The number of benzene rings is 1. The first-order chi connectivity index (χ1) is 14.1. The summed E-state index contributed by atoms with van der Waals surface area (Å²) >= 11 is 0. The fraction of sp³-hybridized carbons (Fsp3) is 0.565. The number of carboxylic acid groups (broad SMARTS) is 1. The van der Waals surface area contributed by atoms with E-state index >= 15 is 0 Å². The molecule has 6 nitrogen and oxygen atoms in total. The lowest BCUT2D eigenvalue weighted by Crippen LogP contribution is -2.40. The van der Waals surface area contributed by atoms with Crippen LogP contribution in [0.25, 0.3) is 10.9 Å². The monoisotopic (exact) mass is 396 g/mol. The first-order valence-corrected chi connectivity index (χ1v) is 10.9. The highest BCUT2D eigenvalue weighted by Gasteiger charge is 2.35. The Morgan fingerprint density at radius 1 is 1.10 bits per heavy atom. The van der Waals surface area contributed by atoms with Gasteiger partial charge in [-0.25, -0.2) is 4.79 Å². The summed E-state index contributed by atoms with van der Waals surface area (Å²) < 4.78 is 5.54. The molecular formula is C23H28N2O4. The molecule has 5 rings (SSSR count). The van der Waals surface area contributed by atoms with E-state index in [-0.39, 0.29) is 5.91 Å². The zero-order valence-corrected chi connectivity index (χ0v) is 16.7. The maximum atomic E-state index is 13.0. The molecule has 0 saturated carbocycles. The summed E-state index contributed by atoms with van der Waals surface area (Å²) in [7, 11) is 0. The molecule has 2 N–H and O–H groups in total. The van der Waals surface area contributed by atoms with E-state index in [1.807, 2.05) is 18.2 Å². The third-order valence-electron chi connectivity index (χ3n) is 7.20. The molecule has 1 amide bonds. The van der Waals surface area contributed by atoms with Gasteiger partial charge < -0.3 is 19.7 Å². The van der Waals surface area contributed by atoms with Crippen molar-refractivity contribution in [3.8, 4) is 0 Å². The van der Waals surface area contributed by atoms with Crippen LogP contribution in [0.3, 0.4) is 0 Å². The Hall–Kier alpha value is -2.34. The number of carbonyl (C=O) groups is 2. The van der Waals surface area contributed by atoms with Crippen LogP contribution in [-0.4, -0.2) is 52.7 Å². The molecule has 2 saturated heterocycles. The largest absolute Gasteiger partial charge is 0.480 e. The number of H-pyrrole nitrogens is 1. The average Bonchev–Trinajstić information content (AvgIpc) is 3.38. The second-order valence-corrected chi connectivity index (χ2v) is 8.79. The highest BCUT2D eigenvalue weighted by molar-refractivity contribution is 6.00. The van der Waals surface area contributed by atoms with Crippen molar-refractivity contribution >= 4 is 22.8 Å². The summed E-state index contributed by atoms with van der Waals surface area (Å²) in [5.74, 6) is 0.339. The number of aromatic nitrogens is 1. The number of fused-ring (bicyclic) bond motifs is 3. The highest BCUT2D eigenvalue weighted by Crippen LogP contribution is 2.38. The van der Waals surface area contributed by atoms with Gasteiger partial charge in [0, 0.05) is 41.9 Å². The summed E-state index contributed by atoms with van der Waals surface area (Å²) in [4.78, 5) is 29.6. The van der Waals surface area contributed by atoms with Crippen LogP contribution in [-0.2, 0) is 22.4 Å². The van der Waals surface area contributed by atoms with E-state index in [1.54, 1.807) is 0 Å². The Balaban J connectivity index is 1.43. The molecule has 0 bridgehead atoms. The van der Waals surface area contributed by atoms with Gasteiger partial charge in [0.1, 0.15) is 6.04 Å². The molecule has 1 aliphatic carbocycles. The van der Waals surface area contributed by atoms with Gasteiger partial charge in [0.05, 0.1) is 0 Å². The van der Waals surface area contributed by atoms with E-state index < -0.39 is 12.0 Å². The number of nitrogens with one attached hydrogen (secondary N) is 1. The molecule has 2 aliphatic heterocycles. The molecule has 1 aromatic heterocycles. The van der Waals surface area contributed by atoms with Crippen LogP contribution in [0.4, 0.5) is 0 Å². The summed E-state index contributed by atoms with van der Waals surface area (Å²) in [6, 6.07) is 5.10. The van der Waals surface area contributed by atoms with Crippen LogP contribution in [0.15, 0.2) is 18.2 Å². The van der Waals surface area contributed by atoms with Crippen molar-refractivity contribution in [2.75, 3.05) is 19.8 Å². The number of aliphatic carboxylic acids is 1. The van der Waals surface area contributed by atoms with E-state index in [2.05, 4.69) is 4.98 Å². The summed E-state index contributed by atoms with van der Waals surface area (Å²) in [5, 5.41) is 10.6. The van der Waals surface area contributed by atoms with Gasteiger partial charge in [-0.1, -0.05) is 0 Å². The molecule has 3 heterocycles. The number of aryl methyl sites for hydroxylation is 1. The number of nitrogens with zero attached hydrogens (tertiary/aromatic N) is 1. The van der Waals surface area contributed by atoms with Crippen molar-refractivity contribution in [3.63, 3.8) is 0 Å². The minimum atomic E-state index is -0.907. The molecule has 2 fully saturated rings. The fourth-order valence-electron chi connectivity index (χ4n) is 5.60. The van der Waals surface area contributed by atoms with Crippen molar-refractivity contribution in [2.45, 2.75) is 51.0 Å². The molecule has 0 spiro atoms. The Bertz CT molecular complexity index is 944. The molecule has 6 heteroatoms. The standard InChI is InChI=1S/C23H28N2O4/c26-22(25-9-1-2-21(25)23(27)28)16-4-6-20-18(13-16)17-12-15(3-5-19(17)24-20)14-7-10-29-11-8-14/h4,6,13-15,21,24H,1-3,5,7-12H2,(H,27,28)/t15?,21-/m1/s1. The normalized spacial score (nSPS) is 25.3. The number of carbonyl (C=O) groups excluding carboxylic acids is 1. The fourth-order valence-corrected chi connectivity index (χ4v) is 5.60. The van der Waals surface area contributed by atoms with Crippen LogP contribution >= 0.6 is 0 Å². The van der Waals surface area contributed by atoms with Gasteiger partial charge in [0.25, 0.3) is 5.91 Å². The van der Waals surface area contributed by atoms with Crippen LogP contribution in [0.5, 0.6) is 0 Å². The van der Waals surface area contributed by atoms with Crippen LogP contribution in [0.2, 0.25) is 0 Å². The molecule has 1 unspecified atom stereocenters. The third kappa shape index (κ3) is 3.33. The van der Waals surface area contributed by atoms with Crippen LogP contribution in [0.1, 0.15) is 53.7 Å². The van der Waals surface area contributed by atoms with Gasteiger partial charge in [-0.15, -0.1) is 0 Å². The predicted molar refractivity (Wildman–Crippen MR) is 109 cm³/mol. The number of carboxylic acids is 1. The van der Waals surface area contributed by atoms with Crippen LogP contribution in [0, 0.1) is 11.8 Å². The van der Waals surface area contributed by atoms with Gasteiger partial charge >= 0.3 is 5.97 Å². The number of hydrogen-bond donors (Lipinski definition) is 2. The predicted octanol–water partition coefficient (Wildman–Crippen LogP) is 3.39. The first kappa shape index (κ1) is 18.7. The Kier molecular flexibility index (Phi) is 4.82. The lowest BCUT2D eigenvalue weighted by molar-refractivity contribution is -0.141. The van der Waals surface area contributed by atoms with E-state index in [0.717, 1.165) is 62.1 Å². The number of amides is 1. The number of ether oxygens (including phenoxy) is 1. The maximum absolute atomic E-state index is 13.0. The average molecular weight is 396 g/mol. The molecule has 154 valence electrons. The van der Waals surface area contributed by atoms with E-state index in [4.69, 9.17) is 4.74 Å². The number of likely N-dealkylation sites (tertiary alicyclic amines) is 1. The lowest BCUT2D eigenvalue weighted by Gasteiger charge is -2.33. The van der Waals surface area contributed by atoms with Crippen LogP contribution < -0.4 is 0 Å². The van der Waals surface area contributed by atoms with Gasteiger partial charge in [0.2, 0.25) is 0 Å². The van der Waals surface area contributed by atoms with Gasteiger partial charge in [-0.2, -0.15) is 0 Å². The quantitative estimate of drug-likeness (QED) is 0.833. The Labute approximate surface area is 170 Å². The number of hydrogen-bond acceptors (Lipinski definition) is 3. The topological polar surface area (TPSA) is 82.6 Å². The second kappa shape index (κ2) is 7.48. The molecule has 29 heavy (non-hydrogen) atoms. The summed E-state index contributed by atoms with van der Waals surface area (Å²) in [6.07, 6.45) is 6.91. The molecule has 3 aliphatic rings. The zero-order valence-electron chi connectivity index (χ0n) is 16.7. The SMILES string of the molecule is O=C(O)[C@H]1CCCN1C(=O)c1ccc2[nH]c3c(c2c1)CC(C1CCOCC1)CC3. The minimum absolute atomic E-state index is 0.163. The third-order valence-corrected chi connectivity index (χ3v) is 7.20. The van der Waals surface area contributed by atoms with Gasteiger partial charge in [-0.05, 0) is 80.5 Å². The Morgan fingerprint density at radius 3 is 2.72 bits per heavy atom. The molecular weight excluding hydrogens is 368 g/mol. The molecule has 1 aromatic carbocycles. The van der Waals surface area contributed by atoms with Crippen molar-refractivity contribution in [1.29, 1.82) is 0 Å². The van der Waals surface area contributed by atoms with E-state index in [1.165, 1.54) is 22.6 Å². The molecule has 2 aromatic rings. The van der Waals surface area contributed by atoms with E-state index in [9.17, 15) is 14.7 Å². The minimum Gasteiger partial charge on any atom is -0.480 e. The van der Waals surface area contributed by atoms with Crippen molar-refractivity contribution in [3.05, 3.63) is 35.0 Å². The van der Waals surface area contributed by atoms with Gasteiger partial charge in [-0.3, -0.25) is 4.79 Å². The Morgan fingerprint density at radius 2 is 1.93 bits per heavy atom. The molecule has 2 atom stereocenters. The zero-order chi connectivity index (χ0) is 20.0. The van der Waals surface area contributed by atoms with Crippen molar-refractivity contribution in [2.24, 2.45) is 11.8 Å².